The third-order valence-corrected chi connectivity index (χ3v) is 7.93. The molecule has 3 amide bonds. The number of hydrogen-bond donors (Lipinski definition) is 3. The Bertz CT molecular complexity index is 1600. The van der Waals surface area contributed by atoms with E-state index in [9.17, 15) is 31.9 Å². The highest BCUT2D eigenvalue weighted by atomic mass is 32.2. The van der Waals surface area contributed by atoms with E-state index < -0.39 is 51.9 Å². The average Bonchev–Trinajstić information content (AvgIpc) is 3.50. The molecule has 0 saturated heterocycles. The highest BCUT2D eigenvalue weighted by molar-refractivity contribution is 8.00. The summed E-state index contributed by atoms with van der Waals surface area (Å²) in [5, 5.41) is 8.24. The van der Waals surface area contributed by atoms with Crippen LogP contribution in [0.15, 0.2) is 88.8 Å². The van der Waals surface area contributed by atoms with Crippen LogP contribution in [-0.4, -0.2) is 23.0 Å². The van der Waals surface area contributed by atoms with E-state index in [0.717, 1.165) is 16.6 Å². The molecule has 3 N–H and O–H groups in total. The quantitative estimate of drug-likeness (QED) is 0.0763. The molecular weight excluding hydrogens is 590 g/mol. The molecule has 0 aliphatic heterocycles. The summed E-state index contributed by atoms with van der Waals surface area (Å²) >= 11 is 2.40. The molecule has 0 saturated carbocycles. The van der Waals surface area contributed by atoms with Crippen LogP contribution >= 0.6 is 23.1 Å². The van der Waals surface area contributed by atoms with E-state index in [2.05, 4.69) is 10.6 Å². The van der Waals surface area contributed by atoms with E-state index in [1.807, 2.05) is 10.7 Å². The molecule has 0 aliphatic rings. The van der Waals surface area contributed by atoms with Gasteiger partial charge in [-0.1, -0.05) is 37.3 Å². The summed E-state index contributed by atoms with van der Waals surface area (Å²) in [6.07, 6.45) is 1.75. The van der Waals surface area contributed by atoms with Gasteiger partial charge in [0.15, 0.2) is 23.3 Å². The van der Waals surface area contributed by atoms with Gasteiger partial charge in [-0.05, 0) is 54.3 Å². The Morgan fingerprint density at radius 1 is 0.881 bits per heavy atom. The van der Waals surface area contributed by atoms with E-state index in [1.165, 1.54) is 11.3 Å². The Balaban J connectivity index is 1.49. The van der Waals surface area contributed by atoms with Crippen molar-refractivity contribution >= 4 is 58.3 Å². The Labute approximate surface area is 246 Å². The number of carbonyl (C=O) groups excluding carboxylic acids is 3. The van der Waals surface area contributed by atoms with Gasteiger partial charge in [-0.15, -0.1) is 23.1 Å². The van der Waals surface area contributed by atoms with Crippen LogP contribution in [0.3, 0.4) is 0 Å². The predicted molar refractivity (Wildman–Crippen MR) is 156 cm³/mol. The first-order chi connectivity index (χ1) is 20.2. The minimum atomic E-state index is -1.71. The van der Waals surface area contributed by atoms with E-state index in [0.29, 0.717) is 16.1 Å². The lowest BCUT2D eigenvalue weighted by Gasteiger charge is -2.17. The smallest absolute Gasteiger partial charge is 0.272 e. The second kappa shape index (κ2) is 14.0. The molecule has 0 aliphatic carbocycles. The van der Waals surface area contributed by atoms with Crippen LogP contribution in [0.4, 0.5) is 28.9 Å². The molecule has 1 unspecified atom stereocenters. The number of thiophene rings is 1. The Kier molecular flexibility index (Phi) is 10.2. The molecular formula is C30H23F4N3O3S2. The van der Waals surface area contributed by atoms with Crippen molar-refractivity contribution in [1.82, 2.24) is 5.32 Å². The maximum absolute atomic E-state index is 14.1. The van der Waals surface area contributed by atoms with Crippen molar-refractivity contribution in [3.05, 3.63) is 118 Å². The topological polar surface area (TPSA) is 87.3 Å². The Hall–Kier alpha value is -4.42. The number of hydrogen-bond acceptors (Lipinski definition) is 5. The third-order valence-electron chi connectivity index (χ3n) is 5.75. The van der Waals surface area contributed by atoms with Crippen LogP contribution < -0.4 is 16.0 Å². The number of anilines is 2. The third kappa shape index (κ3) is 7.65. The first-order valence-corrected chi connectivity index (χ1v) is 14.3. The highest BCUT2D eigenvalue weighted by Crippen LogP contribution is 2.30. The Morgan fingerprint density at radius 2 is 1.60 bits per heavy atom. The summed E-state index contributed by atoms with van der Waals surface area (Å²) in [4.78, 5) is 40.0. The first kappa shape index (κ1) is 30.5. The molecule has 0 spiro atoms. The van der Waals surface area contributed by atoms with Crippen molar-refractivity contribution in [2.75, 3.05) is 10.6 Å². The van der Waals surface area contributed by atoms with Gasteiger partial charge in [0.05, 0.1) is 5.25 Å². The van der Waals surface area contributed by atoms with Gasteiger partial charge >= 0.3 is 0 Å². The molecule has 1 atom stereocenters. The zero-order chi connectivity index (χ0) is 30.2. The molecule has 4 rings (SSSR count). The lowest BCUT2D eigenvalue weighted by atomic mass is 10.2. The molecule has 0 fully saturated rings. The average molecular weight is 614 g/mol. The van der Waals surface area contributed by atoms with E-state index >= 15 is 0 Å². The van der Waals surface area contributed by atoms with Crippen LogP contribution in [0, 0.1) is 23.3 Å². The standard InChI is InChI=1S/C30H23F4N3O3S2/c1-2-24(30(40)37-27-25(33)21(31)16-22(32)26(27)34)42-20-11-6-10-18(14-20)35-29(39)23(15-19-12-7-13-41-19)36-28(38)17-8-4-3-5-9-17/h3-16,24H,2H2,1H3,(H,35,39)(H,36,38)(H,37,40)/b23-15-. The lowest BCUT2D eigenvalue weighted by Crippen LogP contribution is -2.30. The number of benzene rings is 3. The number of amides is 3. The van der Waals surface area contributed by atoms with Crippen molar-refractivity contribution in [2.45, 2.75) is 23.5 Å². The van der Waals surface area contributed by atoms with Crippen molar-refractivity contribution in [1.29, 1.82) is 0 Å². The zero-order valence-electron chi connectivity index (χ0n) is 21.9. The molecule has 1 heterocycles. The van der Waals surface area contributed by atoms with Crippen LogP contribution in [0.2, 0.25) is 0 Å². The monoisotopic (exact) mass is 613 g/mol. The fraction of sp³-hybridized carbons (Fsp3) is 0.100. The van der Waals surface area contributed by atoms with Gasteiger partial charge in [-0.2, -0.15) is 0 Å². The molecule has 1 aromatic heterocycles. The number of carbonyl (C=O) groups is 3. The summed E-state index contributed by atoms with van der Waals surface area (Å²) in [5.74, 6) is -8.64. The van der Waals surface area contributed by atoms with Crippen molar-refractivity contribution < 1.29 is 31.9 Å². The van der Waals surface area contributed by atoms with Gasteiger partial charge in [0.2, 0.25) is 5.91 Å². The summed E-state index contributed by atoms with van der Waals surface area (Å²) in [7, 11) is 0. The van der Waals surface area contributed by atoms with Gasteiger partial charge in [0.25, 0.3) is 11.8 Å². The SMILES string of the molecule is CCC(Sc1cccc(NC(=O)/C(=C/c2cccs2)NC(=O)c2ccccc2)c1)C(=O)Nc1c(F)c(F)cc(F)c1F. The van der Waals surface area contributed by atoms with Crippen molar-refractivity contribution in [3.8, 4) is 0 Å². The largest absolute Gasteiger partial charge is 0.321 e. The second-order valence-corrected chi connectivity index (χ2v) is 11.0. The normalized spacial score (nSPS) is 12.0. The molecule has 216 valence electrons. The Morgan fingerprint density at radius 3 is 2.24 bits per heavy atom. The van der Waals surface area contributed by atoms with Crippen LogP contribution in [-0.2, 0) is 9.59 Å². The van der Waals surface area contributed by atoms with Crippen molar-refractivity contribution in [2.24, 2.45) is 0 Å². The van der Waals surface area contributed by atoms with E-state index in [1.54, 1.807) is 79.7 Å². The molecule has 12 heteroatoms. The highest BCUT2D eigenvalue weighted by Gasteiger charge is 2.25. The summed E-state index contributed by atoms with van der Waals surface area (Å²) < 4.78 is 55.3. The maximum atomic E-state index is 14.1. The molecule has 3 aromatic carbocycles. The summed E-state index contributed by atoms with van der Waals surface area (Å²) in [6, 6.07) is 18.5. The molecule has 6 nitrogen and oxygen atoms in total. The van der Waals surface area contributed by atoms with Gasteiger partial charge in [0, 0.05) is 27.1 Å². The summed E-state index contributed by atoms with van der Waals surface area (Å²) in [5.41, 5.74) is -0.497. The number of nitrogens with one attached hydrogen (secondary N) is 3. The van der Waals surface area contributed by atoms with Gasteiger partial charge in [-0.25, -0.2) is 17.6 Å². The van der Waals surface area contributed by atoms with Gasteiger partial charge in [0.1, 0.15) is 11.4 Å². The number of thioether (sulfide) groups is 1. The van der Waals surface area contributed by atoms with Crippen LogP contribution in [0.25, 0.3) is 6.08 Å². The van der Waals surface area contributed by atoms with E-state index in [4.69, 9.17) is 0 Å². The lowest BCUT2D eigenvalue weighted by molar-refractivity contribution is -0.116. The van der Waals surface area contributed by atoms with Crippen LogP contribution in [0.5, 0.6) is 0 Å². The molecule has 4 aromatic rings. The van der Waals surface area contributed by atoms with Gasteiger partial charge < -0.3 is 16.0 Å². The first-order valence-electron chi connectivity index (χ1n) is 12.5. The predicted octanol–water partition coefficient (Wildman–Crippen LogP) is 7.22. The summed E-state index contributed by atoms with van der Waals surface area (Å²) in [6.45, 7) is 1.65. The maximum Gasteiger partial charge on any atom is 0.272 e. The van der Waals surface area contributed by atoms with E-state index in [-0.39, 0.29) is 18.2 Å². The fourth-order valence-electron chi connectivity index (χ4n) is 3.68. The fourth-order valence-corrected chi connectivity index (χ4v) is 5.35. The molecule has 42 heavy (non-hydrogen) atoms. The number of halogens is 4. The van der Waals surface area contributed by atoms with Crippen LogP contribution in [0.1, 0.15) is 28.6 Å². The number of rotatable bonds is 10. The molecule has 0 bridgehead atoms. The zero-order valence-corrected chi connectivity index (χ0v) is 23.6. The molecule has 0 radical (unpaired) electrons. The van der Waals surface area contributed by atoms with Gasteiger partial charge in [-0.3, -0.25) is 14.4 Å². The minimum Gasteiger partial charge on any atom is -0.321 e. The second-order valence-electron chi connectivity index (χ2n) is 8.72. The minimum absolute atomic E-state index is 0.00144. The van der Waals surface area contributed by atoms with Crippen molar-refractivity contribution in [3.63, 3.8) is 0 Å².